The Morgan fingerprint density at radius 1 is 0.852 bits per heavy atom. The Bertz CT molecular complexity index is 758. The summed E-state index contributed by atoms with van der Waals surface area (Å²) in [6.07, 6.45) is -0.238. The zero-order chi connectivity index (χ0) is 19.7. The van der Waals surface area contributed by atoms with Crippen molar-refractivity contribution in [2.24, 2.45) is 0 Å². The van der Waals surface area contributed by atoms with E-state index in [9.17, 15) is 9.36 Å². The summed E-state index contributed by atoms with van der Waals surface area (Å²) in [5.41, 5.74) is 0. The van der Waals surface area contributed by atoms with Gasteiger partial charge >= 0.3 is 13.6 Å². The summed E-state index contributed by atoms with van der Waals surface area (Å²) in [5, 5.41) is 2.72. The number of rotatable bonds is 10. The highest BCUT2D eigenvalue weighted by atomic mass is 31.2. The van der Waals surface area contributed by atoms with E-state index in [1.54, 1.807) is 48.5 Å². The van der Waals surface area contributed by atoms with E-state index in [2.05, 4.69) is 10.1 Å². The van der Waals surface area contributed by atoms with Crippen LogP contribution in [0.2, 0.25) is 0 Å². The standard InChI is InChI=1S/C18H22NO7P/c1-22-14-8-4-6-10-16(14)25-27(21,13-19-12-18(20)24-3)26-17-11-7-5-9-15(17)23-2/h4-11,19H,12-13H2,1-3H3. The number of esters is 1. The summed E-state index contributed by atoms with van der Waals surface area (Å²) in [7, 11) is 0.427. The first-order chi connectivity index (χ1) is 13.0. The fourth-order valence-corrected chi connectivity index (χ4v) is 3.59. The quantitative estimate of drug-likeness (QED) is 0.485. The average Bonchev–Trinajstić information content (AvgIpc) is 2.68. The molecule has 146 valence electrons. The van der Waals surface area contributed by atoms with Gasteiger partial charge in [0.2, 0.25) is 0 Å². The fourth-order valence-electron chi connectivity index (χ4n) is 2.14. The van der Waals surface area contributed by atoms with Gasteiger partial charge in [0.15, 0.2) is 23.0 Å². The van der Waals surface area contributed by atoms with Crippen LogP contribution in [0.3, 0.4) is 0 Å². The first-order valence-electron chi connectivity index (χ1n) is 8.03. The minimum atomic E-state index is -3.79. The molecule has 0 unspecified atom stereocenters. The Labute approximate surface area is 157 Å². The predicted molar refractivity (Wildman–Crippen MR) is 99.7 cm³/mol. The first kappa shape index (κ1) is 20.6. The summed E-state index contributed by atoms with van der Waals surface area (Å²) in [6.45, 7) is -0.148. The zero-order valence-electron chi connectivity index (χ0n) is 15.3. The van der Waals surface area contributed by atoms with Gasteiger partial charge in [0.05, 0.1) is 27.9 Å². The van der Waals surface area contributed by atoms with Crippen molar-refractivity contribution < 1.29 is 32.6 Å². The molecule has 2 aromatic rings. The summed E-state index contributed by atoms with van der Waals surface area (Å²) in [4.78, 5) is 11.3. The Hall–Kier alpha value is -2.70. The molecule has 0 aliphatic heterocycles. The summed E-state index contributed by atoms with van der Waals surface area (Å²) in [5.74, 6) is 0.788. The Kier molecular flexibility index (Phi) is 7.52. The molecule has 0 radical (unpaired) electrons. The molecule has 0 fully saturated rings. The molecule has 0 spiro atoms. The van der Waals surface area contributed by atoms with Gasteiger partial charge in [0.1, 0.15) is 6.29 Å². The molecular formula is C18H22NO7P. The number of methoxy groups -OCH3 is 3. The van der Waals surface area contributed by atoms with E-state index in [1.807, 2.05) is 0 Å². The number of benzene rings is 2. The fraction of sp³-hybridized carbons (Fsp3) is 0.278. The second-order valence-electron chi connectivity index (χ2n) is 5.26. The van der Waals surface area contributed by atoms with E-state index in [1.165, 1.54) is 21.3 Å². The third kappa shape index (κ3) is 5.91. The number of nitrogens with one attached hydrogen (secondary N) is 1. The minimum Gasteiger partial charge on any atom is -0.493 e. The van der Waals surface area contributed by atoms with E-state index in [-0.39, 0.29) is 24.3 Å². The highest BCUT2D eigenvalue weighted by Crippen LogP contribution is 2.51. The van der Waals surface area contributed by atoms with E-state index in [4.69, 9.17) is 18.5 Å². The van der Waals surface area contributed by atoms with Crippen molar-refractivity contribution in [1.29, 1.82) is 0 Å². The lowest BCUT2D eigenvalue weighted by molar-refractivity contribution is -0.139. The summed E-state index contributed by atoms with van der Waals surface area (Å²) in [6, 6.07) is 13.5. The van der Waals surface area contributed by atoms with Crippen molar-refractivity contribution >= 4 is 13.6 Å². The Morgan fingerprint density at radius 2 is 1.30 bits per heavy atom. The number of hydrogen-bond donors (Lipinski definition) is 1. The van der Waals surface area contributed by atoms with Gasteiger partial charge in [-0.2, -0.15) is 0 Å². The minimum absolute atomic E-state index is 0.148. The van der Waals surface area contributed by atoms with Crippen LogP contribution in [0.25, 0.3) is 0 Å². The molecule has 8 nitrogen and oxygen atoms in total. The third-order valence-corrected chi connectivity index (χ3v) is 4.98. The van der Waals surface area contributed by atoms with Gasteiger partial charge < -0.3 is 23.3 Å². The van der Waals surface area contributed by atoms with Crippen molar-refractivity contribution in [1.82, 2.24) is 5.32 Å². The number of para-hydroxylation sites is 4. The normalized spacial score (nSPS) is 10.8. The lowest BCUT2D eigenvalue weighted by Gasteiger charge is -2.22. The van der Waals surface area contributed by atoms with E-state index in [0.29, 0.717) is 11.5 Å². The maximum absolute atomic E-state index is 13.4. The number of carbonyl (C=O) groups is 1. The molecule has 0 heterocycles. The molecule has 2 aromatic carbocycles. The molecule has 0 bridgehead atoms. The largest absolute Gasteiger partial charge is 0.493 e. The average molecular weight is 395 g/mol. The van der Waals surface area contributed by atoms with Crippen molar-refractivity contribution in [2.45, 2.75) is 0 Å². The molecule has 27 heavy (non-hydrogen) atoms. The lowest BCUT2D eigenvalue weighted by Crippen LogP contribution is -2.27. The number of carbonyl (C=O) groups excluding carboxylic acids is 1. The van der Waals surface area contributed by atoms with E-state index < -0.39 is 13.6 Å². The summed E-state index contributed by atoms with van der Waals surface area (Å²) >= 11 is 0. The van der Waals surface area contributed by atoms with Gasteiger partial charge in [-0.1, -0.05) is 24.3 Å². The molecule has 1 N–H and O–H groups in total. The van der Waals surface area contributed by atoms with Gasteiger partial charge in [-0.05, 0) is 24.3 Å². The zero-order valence-corrected chi connectivity index (χ0v) is 16.2. The van der Waals surface area contributed by atoms with Crippen LogP contribution in [0.5, 0.6) is 23.0 Å². The van der Waals surface area contributed by atoms with Gasteiger partial charge in [-0.25, -0.2) is 4.57 Å². The van der Waals surface area contributed by atoms with Crippen LogP contribution >= 0.6 is 7.60 Å². The Balaban J connectivity index is 2.27. The molecule has 9 heteroatoms. The smallest absolute Gasteiger partial charge is 0.444 e. The maximum atomic E-state index is 13.4. The van der Waals surface area contributed by atoms with Gasteiger partial charge in [0, 0.05) is 0 Å². The molecule has 0 atom stereocenters. The van der Waals surface area contributed by atoms with E-state index >= 15 is 0 Å². The first-order valence-corrected chi connectivity index (χ1v) is 9.76. The van der Waals surface area contributed by atoms with Gasteiger partial charge in [0.25, 0.3) is 0 Å². The third-order valence-electron chi connectivity index (χ3n) is 3.42. The van der Waals surface area contributed by atoms with Crippen LogP contribution in [0, 0.1) is 0 Å². The van der Waals surface area contributed by atoms with Crippen LogP contribution in [0.4, 0.5) is 0 Å². The molecule has 0 aromatic heterocycles. The van der Waals surface area contributed by atoms with Crippen molar-refractivity contribution in [3.8, 4) is 23.0 Å². The highest BCUT2D eigenvalue weighted by Gasteiger charge is 2.30. The topological polar surface area (TPSA) is 92.3 Å². The second kappa shape index (κ2) is 9.85. The SMILES string of the molecule is COC(=O)CNCP(=O)(Oc1ccccc1OC)Oc1ccccc1OC. The Morgan fingerprint density at radius 3 is 1.70 bits per heavy atom. The molecule has 0 aliphatic rings. The predicted octanol–water partition coefficient (Wildman–Crippen LogP) is 3.07. The molecule has 0 amide bonds. The van der Waals surface area contributed by atoms with Crippen LogP contribution in [0.15, 0.2) is 48.5 Å². The lowest BCUT2D eigenvalue weighted by atomic mass is 10.3. The van der Waals surface area contributed by atoms with Crippen LogP contribution in [-0.2, 0) is 14.1 Å². The molecule has 2 rings (SSSR count). The second-order valence-corrected chi connectivity index (χ2v) is 7.16. The number of ether oxygens (including phenoxy) is 3. The van der Waals surface area contributed by atoms with Crippen molar-refractivity contribution in [2.75, 3.05) is 34.2 Å². The summed E-state index contributed by atoms with van der Waals surface area (Å²) < 4.78 is 39.8. The van der Waals surface area contributed by atoms with Crippen molar-refractivity contribution in [3.05, 3.63) is 48.5 Å². The molecule has 0 aliphatic carbocycles. The van der Waals surface area contributed by atoms with Gasteiger partial charge in [-0.15, -0.1) is 0 Å². The van der Waals surface area contributed by atoms with Crippen LogP contribution in [0.1, 0.15) is 0 Å². The maximum Gasteiger partial charge on any atom is 0.444 e. The van der Waals surface area contributed by atoms with Crippen LogP contribution < -0.4 is 23.8 Å². The van der Waals surface area contributed by atoms with E-state index in [0.717, 1.165) is 0 Å². The monoisotopic (exact) mass is 395 g/mol. The molecule has 0 saturated carbocycles. The highest BCUT2D eigenvalue weighted by molar-refractivity contribution is 7.54. The van der Waals surface area contributed by atoms with Crippen molar-refractivity contribution in [3.63, 3.8) is 0 Å². The van der Waals surface area contributed by atoms with Gasteiger partial charge in [-0.3, -0.25) is 10.1 Å². The number of hydrogen-bond acceptors (Lipinski definition) is 8. The molecule has 0 saturated heterocycles. The molecular weight excluding hydrogens is 373 g/mol. The van der Waals surface area contributed by atoms with Crippen LogP contribution in [-0.4, -0.2) is 40.1 Å².